The standard InChI is InChI=1S/C5H10O6PS/c1-4(6)11-5(12(7)10-2)13(3,8)9/h5H,1-3H3/q+1. The molecule has 0 amide bonds. The lowest BCUT2D eigenvalue weighted by atomic mass is 10.8. The fraction of sp³-hybridized carbons (Fsp3) is 0.800. The lowest BCUT2D eigenvalue weighted by Gasteiger charge is -2.02. The first-order valence-electron chi connectivity index (χ1n) is 3.15. The van der Waals surface area contributed by atoms with E-state index in [1.165, 1.54) is 0 Å². The summed E-state index contributed by atoms with van der Waals surface area (Å²) in [7, 11) is -5.20. The minimum Gasteiger partial charge on any atom is -0.402 e. The third-order valence-corrected chi connectivity index (χ3v) is 4.29. The molecule has 0 rings (SSSR count). The van der Waals surface area contributed by atoms with Gasteiger partial charge in [0.1, 0.15) is 0 Å². The molecule has 0 N–H and O–H groups in total. The van der Waals surface area contributed by atoms with Crippen molar-refractivity contribution in [2.75, 3.05) is 13.4 Å². The number of carbonyl (C=O) groups excluding carboxylic acids is 1. The Morgan fingerprint density at radius 2 is 1.92 bits per heavy atom. The third-order valence-electron chi connectivity index (χ3n) is 0.985. The Kier molecular flexibility index (Phi) is 4.46. The first kappa shape index (κ1) is 12.5. The van der Waals surface area contributed by atoms with Crippen LogP contribution in [0.15, 0.2) is 0 Å². The van der Waals surface area contributed by atoms with Crippen molar-refractivity contribution in [1.29, 1.82) is 0 Å². The molecule has 0 aromatic carbocycles. The summed E-state index contributed by atoms with van der Waals surface area (Å²) in [5.41, 5.74) is 0. The third kappa shape index (κ3) is 4.31. The summed E-state index contributed by atoms with van der Waals surface area (Å²) in [4.78, 5) is 10.5. The van der Waals surface area contributed by atoms with Crippen LogP contribution in [0.2, 0.25) is 0 Å². The number of ether oxygens (including phenoxy) is 1. The van der Waals surface area contributed by atoms with Gasteiger partial charge >= 0.3 is 19.2 Å². The van der Waals surface area contributed by atoms with Crippen LogP contribution in [0.5, 0.6) is 0 Å². The highest BCUT2D eigenvalue weighted by atomic mass is 32.2. The van der Waals surface area contributed by atoms with Gasteiger partial charge < -0.3 is 4.74 Å². The number of esters is 1. The second kappa shape index (κ2) is 4.64. The molecule has 0 aromatic heterocycles. The summed E-state index contributed by atoms with van der Waals surface area (Å²) < 4.78 is 41.4. The number of hydrogen-bond acceptors (Lipinski definition) is 6. The van der Waals surface area contributed by atoms with Crippen LogP contribution in [-0.2, 0) is 28.5 Å². The Bertz CT molecular complexity index is 307. The van der Waals surface area contributed by atoms with E-state index in [1.54, 1.807) is 0 Å². The van der Waals surface area contributed by atoms with Crippen molar-refractivity contribution in [2.24, 2.45) is 0 Å². The van der Waals surface area contributed by atoms with Crippen LogP contribution in [0, 0.1) is 0 Å². The molecule has 13 heavy (non-hydrogen) atoms. The maximum absolute atomic E-state index is 11.0. The van der Waals surface area contributed by atoms with Crippen LogP contribution >= 0.6 is 8.03 Å². The van der Waals surface area contributed by atoms with Gasteiger partial charge in [-0.25, -0.2) is 8.42 Å². The monoisotopic (exact) mass is 229 g/mol. The van der Waals surface area contributed by atoms with Crippen molar-refractivity contribution in [2.45, 2.75) is 12.1 Å². The fourth-order valence-corrected chi connectivity index (χ4v) is 2.74. The van der Waals surface area contributed by atoms with Crippen molar-refractivity contribution in [3.63, 3.8) is 0 Å². The Balaban J connectivity index is 4.77. The zero-order valence-electron chi connectivity index (χ0n) is 7.38. The van der Waals surface area contributed by atoms with Gasteiger partial charge in [0.15, 0.2) is 0 Å². The van der Waals surface area contributed by atoms with Crippen molar-refractivity contribution < 1.29 is 27.0 Å². The van der Waals surface area contributed by atoms with Gasteiger partial charge in [0.2, 0.25) is 9.84 Å². The number of hydrogen-bond donors (Lipinski definition) is 0. The maximum atomic E-state index is 11.0. The van der Waals surface area contributed by atoms with Crippen LogP contribution < -0.4 is 0 Å². The van der Waals surface area contributed by atoms with E-state index in [0.29, 0.717) is 0 Å². The summed E-state index contributed by atoms with van der Waals surface area (Å²) in [6.45, 7) is 1.02. The zero-order valence-corrected chi connectivity index (χ0v) is 9.09. The van der Waals surface area contributed by atoms with Gasteiger partial charge in [0.25, 0.3) is 0 Å². The second-order valence-electron chi connectivity index (χ2n) is 2.21. The molecule has 6 nitrogen and oxygen atoms in total. The summed E-state index contributed by atoms with van der Waals surface area (Å²) >= 11 is 0. The van der Waals surface area contributed by atoms with Crippen LogP contribution in [0.3, 0.4) is 0 Å². The molecule has 2 atom stereocenters. The van der Waals surface area contributed by atoms with Gasteiger partial charge in [-0.2, -0.15) is 0 Å². The first-order valence-corrected chi connectivity index (χ1v) is 6.35. The van der Waals surface area contributed by atoms with Gasteiger partial charge in [-0.1, -0.05) is 0 Å². The first-order chi connectivity index (χ1) is 5.79. The van der Waals surface area contributed by atoms with Gasteiger partial charge in [-0.15, -0.1) is 4.52 Å². The normalized spacial score (nSPS) is 14.8. The molecule has 0 spiro atoms. The minimum atomic E-state index is -3.72. The minimum absolute atomic E-state index is 0.812. The second-order valence-corrected chi connectivity index (χ2v) is 6.06. The molecular formula is C5H10O6PS+. The average Bonchev–Trinajstić information content (AvgIpc) is 1.96. The van der Waals surface area contributed by atoms with E-state index in [2.05, 4.69) is 9.26 Å². The largest absolute Gasteiger partial charge is 0.570 e. The van der Waals surface area contributed by atoms with Gasteiger partial charge in [-0.3, -0.25) is 4.79 Å². The summed E-state index contributed by atoms with van der Waals surface area (Å²) in [6, 6.07) is 0. The van der Waals surface area contributed by atoms with E-state index >= 15 is 0 Å². The Morgan fingerprint density at radius 1 is 1.46 bits per heavy atom. The van der Waals surface area contributed by atoms with Crippen LogP contribution in [-0.4, -0.2) is 32.9 Å². The van der Waals surface area contributed by atoms with Crippen molar-refractivity contribution in [3.05, 3.63) is 0 Å². The number of rotatable bonds is 4. The molecule has 76 valence electrons. The molecule has 0 bridgehead atoms. The van der Waals surface area contributed by atoms with Gasteiger partial charge in [0, 0.05) is 13.2 Å². The predicted molar refractivity (Wildman–Crippen MR) is 45.0 cm³/mol. The Hall–Kier alpha value is -0.520. The molecule has 0 aliphatic rings. The van der Waals surface area contributed by atoms with Crippen molar-refractivity contribution in [1.82, 2.24) is 0 Å². The quantitative estimate of drug-likeness (QED) is 0.507. The van der Waals surface area contributed by atoms with Crippen molar-refractivity contribution in [3.8, 4) is 0 Å². The van der Waals surface area contributed by atoms with Crippen LogP contribution in [0.1, 0.15) is 6.92 Å². The lowest BCUT2D eigenvalue weighted by Crippen LogP contribution is -2.22. The fourth-order valence-electron chi connectivity index (χ4n) is 0.515. The van der Waals surface area contributed by atoms with Crippen LogP contribution in [0.25, 0.3) is 0 Å². The highest BCUT2D eigenvalue weighted by molar-refractivity contribution is 7.96. The number of sulfone groups is 1. The highest BCUT2D eigenvalue weighted by Crippen LogP contribution is 2.32. The van der Waals surface area contributed by atoms with Crippen LogP contribution in [0.4, 0.5) is 0 Å². The topological polar surface area (TPSA) is 86.7 Å². The SMILES string of the molecule is CO[P+](=O)C(OC(C)=O)S(C)(=O)=O. The van der Waals surface area contributed by atoms with E-state index in [9.17, 15) is 17.8 Å². The molecule has 0 fully saturated rings. The lowest BCUT2D eigenvalue weighted by molar-refractivity contribution is -0.140. The van der Waals surface area contributed by atoms with Gasteiger partial charge in [0.05, 0.1) is 7.11 Å². The summed E-state index contributed by atoms with van der Waals surface area (Å²) in [6.07, 6.45) is 0.812. The summed E-state index contributed by atoms with van der Waals surface area (Å²) in [5.74, 6) is -0.823. The average molecular weight is 229 g/mol. The molecule has 0 aliphatic heterocycles. The zero-order chi connectivity index (χ0) is 10.6. The Morgan fingerprint density at radius 3 is 2.15 bits per heavy atom. The highest BCUT2D eigenvalue weighted by Gasteiger charge is 2.44. The van der Waals surface area contributed by atoms with E-state index in [1.807, 2.05) is 0 Å². The number of carbonyl (C=O) groups is 1. The molecule has 0 radical (unpaired) electrons. The molecule has 2 unspecified atom stereocenters. The Labute approximate surface area is 77.0 Å². The molecule has 0 saturated carbocycles. The van der Waals surface area contributed by atoms with E-state index in [0.717, 1.165) is 20.3 Å². The molecule has 8 heteroatoms. The summed E-state index contributed by atoms with van der Waals surface area (Å²) in [5, 5.41) is -1.72. The smallest absolute Gasteiger partial charge is 0.402 e. The van der Waals surface area contributed by atoms with E-state index in [-0.39, 0.29) is 0 Å². The molecule has 0 heterocycles. The van der Waals surface area contributed by atoms with E-state index < -0.39 is 29.0 Å². The van der Waals surface area contributed by atoms with Crippen molar-refractivity contribution >= 4 is 23.8 Å². The molecular weight excluding hydrogens is 219 g/mol. The molecule has 0 saturated heterocycles. The molecule has 0 aliphatic carbocycles. The predicted octanol–water partition coefficient (Wildman–Crippen LogP) is 0.266. The van der Waals surface area contributed by atoms with Gasteiger partial charge in [-0.05, 0) is 4.57 Å². The maximum Gasteiger partial charge on any atom is 0.570 e. The van der Waals surface area contributed by atoms with E-state index in [4.69, 9.17) is 0 Å². The molecule has 0 aromatic rings.